The number of nitrogens with zero attached hydrogens (tertiary/aromatic N) is 2. The molecule has 1 N–H and O–H groups in total. The van der Waals surface area contributed by atoms with Gasteiger partial charge in [-0.15, -0.1) is 0 Å². The van der Waals surface area contributed by atoms with E-state index in [-0.39, 0.29) is 29.8 Å². The minimum absolute atomic E-state index is 0.0307. The number of anilines is 2. The normalized spacial score (nSPS) is 16.3. The van der Waals surface area contributed by atoms with Crippen LogP contribution in [0.5, 0.6) is 5.75 Å². The van der Waals surface area contributed by atoms with Crippen LogP contribution in [-0.4, -0.2) is 37.0 Å². The highest BCUT2D eigenvalue weighted by atomic mass is 16.5. The number of aliphatic hydroxyl groups is 1. The fourth-order valence-electron chi connectivity index (χ4n) is 3.86. The fraction of sp³-hybridized carbons (Fsp3) is 0.385. The van der Waals surface area contributed by atoms with E-state index in [0.29, 0.717) is 11.4 Å². The predicted molar refractivity (Wildman–Crippen MR) is 127 cm³/mol. The summed E-state index contributed by atoms with van der Waals surface area (Å²) in [5.74, 6) is -0.460. The number of amides is 1. The molecule has 1 atom stereocenters. The predicted octanol–water partition coefficient (Wildman–Crippen LogP) is 5.06. The Hall–Kier alpha value is -3.28. The number of benzene rings is 2. The first-order valence-electron chi connectivity index (χ1n) is 10.9. The van der Waals surface area contributed by atoms with Crippen LogP contribution >= 0.6 is 0 Å². The largest absolute Gasteiger partial charge is 0.503 e. The molecule has 0 radical (unpaired) electrons. The molecule has 6 nitrogen and oxygen atoms in total. The summed E-state index contributed by atoms with van der Waals surface area (Å²) in [5.41, 5.74) is 2.51. The number of carbonyl (C=O) groups is 2. The third-order valence-electron chi connectivity index (χ3n) is 5.31. The van der Waals surface area contributed by atoms with Crippen molar-refractivity contribution in [2.45, 2.75) is 46.3 Å². The lowest BCUT2D eigenvalue weighted by atomic mass is 9.92. The summed E-state index contributed by atoms with van der Waals surface area (Å²) < 4.78 is 5.71. The molecule has 1 amide bonds. The van der Waals surface area contributed by atoms with E-state index in [4.69, 9.17) is 4.74 Å². The molecule has 0 fully saturated rings. The number of aliphatic hydroxyl groups excluding tert-OH is 1. The van der Waals surface area contributed by atoms with Gasteiger partial charge < -0.3 is 14.7 Å². The number of carbonyl (C=O) groups excluding carboxylic acids is 2. The van der Waals surface area contributed by atoms with Crippen LogP contribution in [0.3, 0.4) is 0 Å². The average Bonchev–Trinajstić information content (AvgIpc) is 2.99. The molecule has 0 aromatic heterocycles. The highest BCUT2D eigenvalue weighted by Gasteiger charge is 2.44. The van der Waals surface area contributed by atoms with Crippen LogP contribution in [-0.2, 0) is 9.59 Å². The lowest BCUT2D eigenvalue weighted by molar-refractivity contribution is -0.118. The van der Waals surface area contributed by atoms with Crippen molar-refractivity contribution < 1.29 is 19.4 Å². The number of Topliss-reactive ketones (excluding diaryl/α,β-unsaturated/α-hetero) is 1. The minimum Gasteiger partial charge on any atom is -0.503 e. The van der Waals surface area contributed by atoms with Crippen LogP contribution in [0.15, 0.2) is 59.9 Å². The van der Waals surface area contributed by atoms with Crippen molar-refractivity contribution in [3.05, 3.63) is 65.4 Å². The molecule has 2 aromatic carbocycles. The Morgan fingerprint density at radius 2 is 1.62 bits per heavy atom. The molecule has 0 spiro atoms. The molecule has 6 heteroatoms. The SMILES string of the molecule is CC(C)CC(=O)C1=C(O)C(=O)N(c2ccc(OC(C)C)cc2)C1c1ccc(N(C)C)cc1. The Bertz CT molecular complexity index is 1010. The van der Waals surface area contributed by atoms with Gasteiger partial charge in [0.1, 0.15) is 5.75 Å². The van der Waals surface area contributed by atoms with Gasteiger partial charge in [0.05, 0.1) is 17.7 Å². The van der Waals surface area contributed by atoms with Gasteiger partial charge in [-0.2, -0.15) is 0 Å². The maximum atomic E-state index is 13.2. The molecule has 0 aliphatic carbocycles. The van der Waals surface area contributed by atoms with E-state index >= 15 is 0 Å². The van der Waals surface area contributed by atoms with Gasteiger partial charge in [-0.05, 0) is 61.7 Å². The quantitative estimate of drug-likeness (QED) is 0.627. The Balaban J connectivity index is 2.07. The van der Waals surface area contributed by atoms with Crippen LogP contribution in [0.2, 0.25) is 0 Å². The molecule has 2 aromatic rings. The van der Waals surface area contributed by atoms with E-state index in [9.17, 15) is 14.7 Å². The minimum atomic E-state index is -0.693. The lowest BCUT2D eigenvalue weighted by Gasteiger charge is -2.28. The Morgan fingerprint density at radius 1 is 1.03 bits per heavy atom. The number of hydrogen-bond acceptors (Lipinski definition) is 5. The van der Waals surface area contributed by atoms with Crippen molar-refractivity contribution in [2.75, 3.05) is 23.9 Å². The van der Waals surface area contributed by atoms with Crippen molar-refractivity contribution in [3.63, 3.8) is 0 Å². The van der Waals surface area contributed by atoms with E-state index in [1.807, 2.05) is 71.0 Å². The monoisotopic (exact) mass is 436 g/mol. The van der Waals surface area contributed by atoms with Gasteiger partial charge in [0, 0.05) is 31.9 Å². The van der Waals surface area contributed by atoms with E-state index in [1.54, 1.807) is 24.3 Å². The Labute approximate surface area is 190 Å². The lowest BCUT2D eigenvalue weighted by Crippen LogP contribution is -2.31. The molecular weight excluding hydrogens is 404 g/mol. The average molecular weight is 437 g/mol. The van der Waals surface area contributed by atoms with E-state index in [0.717, 1.165) is 11.3 Å². The molecule has 170 valence electrons. The van der Waals surface area contributed by atoms with E-state index in [2.05, 4.69) is 0 Å². The Kier molecular flexibility index (Phi) is 6.92. The molecule has 1 aliphatic heterocycles. The van der Waals surface area contributed by atoms with Gasteiger partial charge in [0.25, 0.3) is 5.91 Å². The highest BCUT2D eigenvalue weighted by molar-refractivity contribution is 6.16. The summed E-state index contributed by atoms with van der Waals surface area (Å²) in [4.78, 5) is 29.7. The summed E-state index contributed by atoms with van der Waals surface area (Å²) in [6, 6.07) is 14.1. The zero-order valence-corrected chi connectivity index (χ0v) is 19.6. The van der Waals surface area contributed by atoms with Gasteiger partial charge >= 0.3 is 0 Å². The first-order valence-corrected chi connectivity index (χ1v) is 10.9. The smallest absolute Gasteiger partial charge is 0.294 e. The van der Waals surface area contributed by atoms with Gasteiger partial charge in [-0.3, -0.25) is 14.5 Å². The third kappa shape index (κ3) is 4.79. The summed E-state index contributed by atoms with van der Waals surface area (Å²) in [5, 5.41) is 10.8. The molecule has 1 aliphatic rings. The van der Waals surface area contributed by atoms with E-state index < -0.39 is 17.7 Å². The molecule has 0 bridgehead atoms. The molecule has 32 heavy (non-hydrogen) atoms. The second-order valence-corrected chi connectivity index (χ2v) is 9.01. The maximum absolute atomic E-state index is 13.2. The van der Waals surface area contributed by atoms with Crippen molar-refractivity contribution >= 4 is 23.1 Å². The third-order valence-corrected chi connectivity index (χ3v) is 5.31. The molecule has 1 heterocycles. The van der Waals surface area contributed by atoms with Crippen molar-refractivity contribution in [2.24, 2.45) is 5.92 Å². The highest BCUT2D eigenvalue weighted by Crippen LogP contribution is 2.42. The van der Waals surface area contributed by atoms with Gasteiger partial charge in [0.2, 0.25) is 0 Å². The first-order chi connectivity index (χ1) is 15.1. The van der Waals surface area contributed by atoms with Crippen molar-refractivity contribution in [3.8, 4) is 5.75 Å². The number of hydrogen-bond donors (Lipinski definition) is 1. The van der Waals surface area contributed by atoms with Gasteiger partial charge in [-0.25, -0.2) is 0 Å². The number of ether oxygens (including phenoxy) is 1. The standard InChI is InChI=1S/C26H32N2O4/c1-16(2)15-22(29)23-24(18-7-9-19(10-8-18)27(5)6)28(26(31)25(23)30)20-11-13-21(14-12-20)32-17(3)4/h7-14,16-17,24,30H,15H2,1-6H3. The summed E-state index contributed by atoms with van der Waals surface area (Å²) in [6.07, 6.45) is 0.289. The molecule has 3 rings (SSSR count). The summed E-state index contributed by atoms with van der Waals surface area (Å²) in [6.45, 7) is 7.77. The van der Waals surface area contributed by atoms with Crippen LogP contribution in [0.4, 0.5) is 11.4 Å². The second kappa shape index (κ2) is 9.47. The zero-order chi connectivity index (χ0) is 23.6. The van der Waals surface area contributed by atoms with Crippen LogP contribution in [0, 0.1) is 5.92 Å². The van der Waals surface area contributed by atoms with Crippen LogP contribution in [0.1, 0.15) is 45.7 Å². The van der Waals surface area contributed by atoms with Crippen LogP contribution in [0.25, 0.3) is 0 Å². The van der Waals surface area contributed by atoms with Gasteiger partial charge in [0.15, 0.2) is 11.5 Å². The topological polar surface area (TPSA) is 70.1 Å². The number of ketones is 1. The summed E-state index contributed by atoms with van der Waals surface area (Å²) in [7, 11) is 3.90. The van der Waals surface area contributed by atoms with Crippen molar-refractivity contribution in [1.82, 2.24) is 0 Å². The zero-order valence-electron chi connectivity index (χ0n) is 19.6. The maximum Gasteiger partial charge on any atom is 0.294 e. The molecule has 0 saturated heterocycles. The van der Waals surface area contributed by atoms with Crippen molar-refractivity contribution in [1.29, 1.82) is 0 Å². The molecule has 1 unspecified atom stereocenters. The summed E-state index contributed by atoms with van der Waals surface area (Å²) >= 11 is 0. The number of rotatable bonds is 8. The van der Waals surface area contributed by atoms with Gasteiger partial charge in [-0.1, -0.05) is 26.0 Å². The van der Waals surface area contributed by atoms with Crippen LogP contribution < -0.4 is 14.5 Å². The second-order valence-electron chi connectivity index (χ2n) is 9.01. The molecule has 0 saturated carbocycles. The Morgan fingerprint density at radius 3 is 2.12 bits per heavy atom. The first kappa shape index (κ1) is 23.4. The molecular formula is C26H32N2O4. The van der Waals surface area contributed by atoms with E-state index in [1.165, 1.54) is 4.90 Å². The fourth-order valence-corrected chi connectivity index (χ4v) is 3.86.